The van der Waals surface area contributed by atoms with E-state index in [1.54, 1.807) is 9.13 Å². The molecule has 15 nitrogen and oxygen atoms in total. The number of benzene rings is 6. The molecule has 2 atom stereocenters. The lowest BCUT2D eigenvalue weighted by Gasteiger charge is -2.28. The van der Waals surface area contributed by atoms with Crippen LogP contribution in [0.2, 0.25) is 20.1 Å². The average molecular weight is 1300 g/mol. The van der Waals surface area contributed by atoms with E-state index in [2.05, 4.69) is 29.9 Å². The Morgan fingerprint density at radius 1 is 0.517 bits per heavy atom. The van der Waals surface area contributed by atoms with Crippen LogP contribution in [-0.2, 0) is 40.3 Å². The number of aromatic nitrogens is 8. The van der Waals surface area contributed by atoms with E-state index in [-0.39, 0.29) is 161 Å². The van der Waals surface area contributed by atoms with Crippen molar-refractivity contribution in [3.8, 4) is 34.5 Å². The number of carbonyl (C=O) groups excluding carboxylic acids is 2. The van der Waals surface area contributed by atoms with Gasteiger partial charge in [0.25, 0.3) is 0 Å². The lowest BCUT2D eigenvalue weighted by molar-refractivity contribution is 0.0397. The topological polar surface area (TPSA) is 167 Å². The molecule has 0 saturated carbocycles. The van der Waals surface area contributed by atoms with Gasteiger partial charge >= 0.3 is 24.0 Å². The number of hydrogen-bond donors (Lipinski definition) is 0. The van der Waals surface area contributed by atoms with E-state index < -0.39 is 69.8 Å². The highest BCUT2D eigenvalue weighted by atomic mass is 35.5. The van der Waals surface area contributed by atoms with Gasteiger partial charge in [-0.3, -0.25) is 0 Å². The minimum Gasteiger partial charge on any atom is -0.458 e. The number of hydrogen-bond acceptors (Lipinski definition) is 13. The van der Waals surface area contributed by atoms with Crippen LogP contribution in [-0.4, -0.2) is 77.4 Å². The van der Waals surface area contributed by atoms with Gasteiger partial charge in [-0.1, -0.05) is 86.2 Å². The SMILES string of the molecule is CC1(C)COCC1n1c(Cc2cc(F)c(-c3ccnc(OCc4ccc(Cl)cc4F)n3)cc2Cl)nc2c(F)cc(C(=O)OC(=O)c3cc(F)c4nc(Cc5cc(F)c(-c6ccnc(OCc7ccc(Cl)cc7F)n6)cc5Cl)n(C5COCC5(C)C)c4c3)cc21. The van der Waals surface area contributed by atoms with Crippen molar-refractivity contribution in [2.24, 2.45) is 10.8 Å². The van der Waals surface area contributed by atoms with E-state index in [4.69, 9.17) is 70.1 Å². The molecule has 12 rings (SSSR count). The predicted octanol–water partition coefficient (Wildman–Crippen LogP) is 15.3. The lowest BCUT2D eigenvalue weighted by atomic mass is 9.87. The zero-order valence-corrected chi connectivity index (χ0v) is 50.4. The van der Waals surface area contributed by atoms with Gasteiger partial charge in [-0.05, 0) is 96.1 Å². The highest BCUT2D eigenvalue weighted by Crippen LogP contribution is 2.44. The second kappa shape index (κ2) is 24.3. The molecule has 0 aliphatic carbocycles. The third-order valence-corrected chi connectivity index (χ3v) is 16.9. The summed E-state index contributed by atoms with van der Waals surface area (Å²) in [6.45, 7) is 8.17. The van der Waals surface area contributed by atoms with Crippen molar-refractivity contribution >= 4 is 80.4 Å². The number of halogens is 10. The van der Waals surface area contributed by atoms with Crippen LogP contribution in [0, 0.1) is 45.7 Å². The first kappa shape index (κ1) is 61.1. The summed E-state index contributed by atoms with van der Waals surface area (Å²) in [6, 6.07) is 19.3. The summed E-state index contributed by atoms with van der Waals surface area (Å²) in [7, 11) is 0. The van der Waals surface area contributed by atoms with Crippen LogP contribution in [0.4, 0.5) is 26.3 Å². The Morgan fingerprint density at radius 2 is 0.933 bits per heavy atom. The molecule has 10 aromatic rings. The fraction of sp³-hybridized carbons (Fsp3) is 0.250. The zero-order chi connectivity index (χ0) is 62.8. The number of esters is 2. The first-order valence-corrected chi connectivity index (χ1v) is 29.1. The highest BCUT2D eigenvalue weighted by Gasteiger charge is 2.41. The Kier molecular flexibility index (Phi) is 16.7. The summed E-state index contributed by atoms with van der Waals surface area (Å²) < 4.78 is 126. The summed E-state index contributed by atoms with van der Waals surface area (Å²) in [5, 5.41) is 0.623. The van der Waals surface area contributed by atoms with E-state index in [9.17, 15) is 18.4 Å². The first-order chi connectivity index (χ1) is 42.5. The smallest absolute Gasteiger partial charge is 0.346 e. The van der Waals surface area contributed by atoms with Crippen LogP contribution in [0.15, 0.2) is 109 Å². The monoisotopic (exact) mass is 1290 g/mol. The molecule has 6 heterocycles. The van der Waals surface area contributed by atoms with Gasteiger partial charge in [0.1, 0.15) is 59.2 Å². The fourth-order valence-electron chi connectivity index (χ4n) is 11.0. The molecule has 0 N–H and O–H groups in total. The van der Waals surface area contributed by atoms with Crippen LogP contribution in [0.3, 0.4) is 0 Å². The van der Waals surface area contributed by atoms with Crippen LogP contribution in [0.1, 0.15) is 94.4 Å². The van der Waals surface area contributed by atoms with Gasteiger partial charge in [-0.15, -0.1) is 0 Å². The second-order valence-electron chi connectivity index (χ2n) is 22.9. The summed E-state index contributed by atoms with van der Waals surface area (Å²) >= 11 is 25.5. The standard InChI is InChI=1S/C64H48Cl4F6N8O7/c1-63(2)29-85-27-53(63)81-51-17-35(15-47(73)57(51)79-55(81)19-33-13-45(71)39(23-41(33)67)49-9-11-75-61(77-49)87-25-31-5-7-37(65)21-43(31)69)59(83)89-60(84)36-16-48(74)58-52(18-36)82(54-28-86-30-64(54,3)4)56(80-58)20-34-14-46(72)40(24-42(34)68)50-10-12-76-62(78-50)88-26-32-6-8-38(66)22-44(32)70/h5-18,21-24,53-54H,19-20,25-30H2,1-4H3. The van der Waals surface area contributed by atoms with Gasteiger partial charge in [0, 0.05) is 78.4 Å². The van der Waals surface area contributed by atoms with Gasteiger partial charge in [0.2, 0.25) is 0 Å². The van der Waals surface area contributed by atoms with Gasteiger partial charge < -0.3 is 32.8 Å². The number of carbonyl (C=O) groups is 2. The molecule has 6 aromatic carbocycles. The molecule has 4 aromatic heterocycles. The molecular formula is C64H48Cl4F6N8O7. The Hall–Kier alpha value is -8.18. The summed E-state index contributed by atoms with van der Waals surface area (Å²) in [4.78, 5) is 54.3. The number of nitrogens with zero attached hydrogens (tertiary/aromatic N) is 8. The van der Waals surface area contributed by atoms with Crippen molar-refractivity contribution in [1.82, 2.24) is 39.0 Å². The van der Waals surface area contributed by atoms with E-state index in [0.717, 1.165) is 24.3 Å². The van der Waals surface area contributed by atoms with Crippen LogP contribution >= 0.6 is 46.4 Å². The maximum absolute atomic E-state index is 16.5. The third kappa shape index (κ3) is 12.4. The molecule has 2 fully saturated rings. The summed E-state index contributed by atoms with van der Waals surface area (Å²) in [6.07, 6.45) is 2.43. The van der Waals surface area contributed by atoms with Crippen molar-refractivity contribution in [3.63, 3.8) is 0 Å². The molecule has 89 heavy (non-hydrogen) atoms. The molecule has 0 spiro atoms. The van der Waals surface area contributed by atoms with Gasteiger partial charge in [0.05, 0.1) is 72.1 Å². The largest absolute Gasteiger partial charge is 0.458 e. The quantitative estimate of drug-likeness (QED) is 0.0510. The van der Waals surface area contributed by atoms with Gasteiger partial charge in [-0.2, -0.15) is 9.97 Å². The Morgan fingerprint density at radius 3 is 1.31 bits per heavy atom. The van der Waals surface area contributed by atoms with E-state index in [1.807, 2.05) is 27.7 Å². The van der Waals surface area contributed by atoms with Gasteiger partial charge in [-0.25, -0.2) is 55.9 Å². The van der Waals surface area contributed by atoms with Crippen molar-refractivity contribution in [1.29, 1.82) is 0 Å². The van der Waals surface area contributed by atoms with E-state index in [1.165, 1.54) is 85.2 Å². The van der Waals surface area contributed by atoms with Crippen molar-refractivity contribution in [2.45, 2.75) is 65.8 Å². The Balaban J connectivity index is 0.813. The third-order valence-electron chi connectivity index (χ3n) is 15.8. The van der Waals surface area contributed by atoms with Crippen LogP contribution in [0.25, 0.3) is 44.6 Å². The maximum Gasteiger partial charge on any atom is 0.346 e. The number of ether oxygens (including phenoxy) is 5. The van der Waals surface area contributed by atoms with E-state index in [0.29, 0.717) is 13.2 Å². The second-order valence-corrected chi connectivity index (χ2v) is 24.5. The molecule has 0 radical (unpaired) electrons. The Labute approximate surface area is 523 Å². The van der Waals surface area contributed by atoms with Crippen molar-refractivity contribution in [2.75, 3.05) is 26.4 Å². The van der Waals surface area contributed by atoms with Gasteiger partial charge in [0.15, 0.2) is 11.6 Å². The minimum absolute atomic E-state index is 0.00463. The normalized spacial score (nSPS) is 16.2. The molecule has 0 amide bonds. The number of imidazole rings is 2. The molecule has 25 heteroatoms. The fourth-order valence-corrected chi connectivity index (χ4v) is 11.8. The molecule has 2 aliphatic rings. The molecule has 2 saturated heterocycles. The molecular weight excluding hydrogens is 1250 g/mol. The highest BCUT2D eigenvalue weighted by molar-refractivity contribution is 6.32. The molecule has 0 bridgehead atoms. The zero-order valence-electron chi connectivity index (χ0n) is 47.4. The molecule has 2 unspecified atom stereocenters. The minimum atomic E-state index is -1.28. The average Bonchev–Trinajstić information content (AvgIpc) is 1.65. The molecule has 2 aliphatic heterocycles. The lowest BCUT2D eigenvalue weighted by Crippen LogP contribution is -2.27. The van der Waals surface area contributed by atoms with E-state index >= 15 is 17.6 Å². The van der Waals surface area contributed by atoms with Crippen LogP contribution < -0.4 is 9.47 Å². The Bertz CT molecular complexity index is 4230. The summed E-state index contributed by atoms with van der Waals surface area (Å²) in [5.41, 5.74) is -0.871. The maximum atomic E-state index is 16.5. The molecule has 456 valence electrons. The first-order valence-electron chi connectivity index (χ1n) is 27.6. The number of rotatable bonds is 16. The van der Waals surface area contributed by atoms with Crippen molar-refractivity contribution < 1.29 is 59.6 Å². The summed E-state index contributed by atoms with van der Waals surface area (Å²) in [5.74, 6) is -6.63. The number of fused-ring (bicyclic) bond motifs is 2. The van der Waals surface area contributed by atoms with Crippen LogP contribution in [0.5, 0.6) is 12.0 Å². The van der Waals surface area contributed by atoms with Crippen molar-refractivity contribution in [3.05, 3.63) is 209 Å². The predicted molar refractivity (Wildman–Crippen MR) is 318 cm³/mol.